The summed E-state index contributed by atoms with van der Waals surface area (Å²) in [4.78, 5) is 5.26. The molecule has 0 bridgehead atoms. The summed E-state index contributed by atoms with van der Waals surface area (Å²) in [6, 6.07) is 1.56. The van der Waals surface area contributed by atoms with Crippen LogP contribution in [0.2, 0.25) is 0 Å². The van der Waals surface area contributed by atoms with Gasteiger partial charge in [0.15, 0.2) is 0 Å². The van der Waals surface area contributed by atoms with Gasteiger partial charge in [-0.2, -0.15) is 0 Å². The molecule has 1 aliphatic heterocycles. The first-order valence-corrected chi connectivity index (χ1v) is 6.48. The van der Waals surface area contributed by atoms with Crippen molar-refractivity contribution in [3.05, 3.63) is 0 Å². The van der Waals surface area contributed by atoms with Gasteiger partial charge in [-0.15, -0.1) is 0 Å². The van der Waals surface area contributed by atoms with E-state index in [0.29, 0.717) is 0 Å². The molecule has 2 rings (SSSR count). The van der Waals surface area contributed by atoms with E-state index in [1.54, 1.807) is 0 Å². The summed E-state index contributed by atoms with van der Waals surface area (Å²) >= 11 is 0. The van der Waals surface area contributed by atoms with Crippen molar-refractivity contribution in [2.45, 2.75) is 38.3 Å². The van der Waals surface area contributed by atoms with Gasteiger partial charge >= 0.3 is 0 Å². The predicted molar refractivity (Wildman–Crippen MR) is 64.2 cm³/mol. The monoisotopic (exact) mass is 211 g/mol. The van der Waals surface area contributed by atoms with E-state index in [9.17, 15) is 0 Å². The molecule has 0 aromatic carbocycles. The van der Waals surface area contributed by atoms with Crippen molar-refractivity contribution in [2.24, 2.45) is 0 Å². The maximum Gasteiger partial charge on any atom is 0.0250 e. The summed E-state index contributed by atoms with van der Waals surface area (Å²) in [5.41, 5.74) is 0. The van der Waals surface area contributed by atoms with Crippen molar-refractivity contribution >= 4 is 0 Å². The summed E-state index contributed by atoms with van der Waals surface area (Å²) in [5.74, 6) is 0. The van der Waals surface area contributed by atoms with Crippen LogP contribution in [0.15, 0.2) is 0 Å². The lowest BCUT2D eigenvalue weighted by Gasteiger charge is -2.39. The summed E-state index contributed by atoms with van der Waals surface area (Å²) in [5, 5.41) is 3.48. The van der Waals surface area contributed by atoms with E-state index in [1.165, 1.54) is 52.0 Å². The highest BCUT2D eigenvalue weighted by Gasteiger charge is 2.32. The van der Waals surface area contributed by atoms with Crippen LogP contribution in [-0.2, 0) is 0 Å². The largest absolute Gasteiger partial charge is 0.315 e. The van der Waals surface area contributed by atoms with Gasteiger partial charge in [0.05, 0.1) is 0 Å². The Balaban J connectivity index is 1.84. The maximum absolute atomic E-state index is 3.48. The fraction of sp³-hybridized carbons (Fsp3) is 1.00. The zero-order valence-corrected chi connectivity index (χ0v) is 10.2. The molecule has 2 unspecified atom stereocenters. The number of piperazine rings is 1. The number of hydrogen-bond acceptors (Lipinski definition) is 3. The summed E-state index contributed by atoms with van der Waals surface area (Å²) < 4.78 is 0. The van der Waals surface area contributed by atoms with Crippen LogP contribution < -0.4 is 5.32 Å². The second-order valence-electron chi connectivity index (χ2n) is 4.86. The highest BCUT2D eigenvalue weighted by molar-refractivity contribution is 4.91. The molecule has 2 fully saturated rings. The molecule has 2 atom stereocenters. The SMILES string of the molecule is CCN1CCN(C2CCCC2NC)CC1. The van der Waals surface area contributed by atoms with Crippen LogP contribution in [-0.4, -0.2) is 61.7 Å². The topological polar surface area (TPSA) is 18.5 Å². The van der Waals surface area contributed by atoms with Crippen LogP contribution in [0.4, 0.5) is 0 Å². The number of nitrogens with zero attached hydrogens (tertiary/aromatic N) is 2. The van der Waals surface area contributed by atoms with Crippen LogP contribution in [0.1, 0.15) is 26.2 Å². The van der Waals surface area contributed by atoms with Gasteiger partial charge in [-0.3, -0.25) is 4.90 Å². The molecule has 0 aromatic heterocycles. The van der Waals surface area contributed by atoms with Crippen molar-refractivity contribution in [1.82, 2.24) is 15.1 Å². The molecule has 88 valence electrons. The van der Waals surface area contributed by atoms with Crippen molar-refractivity contribution < 1.29 is 0 Å². The lowest BCUT2D eigenvalue weighted by atomic mass is 10.1. The van der Waals surface area contributed by atoms with Crippen molar-refractivity contribution in [3.8, 4) is 0 Å². The molecule has 1 saturated carbocycles. The molecule has 0 spiro atoms. The molecule has 1 N–H and O–H groups in total. The average molecular weight is 211 g/mol. The van der Waals surface area contributed by atoms with E-state index >= 15 is 0 Å². The molecule has 2 aliphatic rings. The second kappa shape index (κ2) is 5.28. The Hall–Kier alpha value is -0.120. The van der Waals surface area contributed by atoms with Crippen molar-refractivity contribution in [3.63, 3.8) is 0 Å². The number of likely N-dealkylation sites (N-methyl/N-ethyl adjacent to an activating group) is 2. The van der Waals surface area contributed by atoms with Gasteiger partial charge in [0.2, 0.25) is 0 Å². The third kappa shape index (κ3) is 2.52. The molecule has 1 saturated heterocycles. The number of nitrogens with one attached hydrogen (secondary N) is 1. The maximum atomic E-state index is 3.48. The molecular weight excluding hydrogens is 186 g/mol. The predicted octanol–water partition coefficient (Wildman–Crippen LogP) is 0.764. The quantitative estimate of drug-likeness (QED) is 0.744. The average Bonchev–Trinajstić information content (AvgIpc) is 2.77. The minimum absolute atomic E-state index is 0.748. The summed E-state index contributed by atoms with van der Waals surface area (Å²) in [6.45, 7) is 8.57. The Bertz CT molecular complexity index is 187. The lowest BCUT2D eigenvalue weighted by molar-refractivity contribution is 0.0909. The van der Waals surface area contributed by atoms with E-state index in [4.69, 9.17) is 0 Å². The molecule has 0 aromatic rings. The van der Waals surface area contributed by atoms with Crippen molar-refractivity contribution in [1.29, 1.82) is 0 Å². The fourth-order valence-electron chi connectivity index (χ4n) is 3.13. The Kier molecular flexibility index (Phi) is 4.00. The molecule has 3 nitrogen and oxygen atoms in total. The Morgan fingerprint density at radius 3 is 2.47 bits per heavy atom. The van der Waals surface area contributed by atoms with Gasteiger partial charge < -0.3 is 10.2 Å². The Morgan fingerprint density at radius 2 is 1.87 bits per heavy atom. The smallest absolute Gasteiger partial charge is 0.0250 e. The van der Waals surface area contributed by atoms with E-state index in [2.05, 4.69) is 29.1 Å². The minimum atomic E-state index is 0.748. The van der Waals surface area contributed by atoms with Gasteiger partial charge in [-0.25, -0.2) is 0 Å². The molecule has 0 amide bonds. The van der Waals surface area contributed by atoms with Gasteiger partial charge in [-0.05, 0) is 26.4 Å². The van der Waals surface area contributed by atoms with Crippen LogP contribution >= 0.6 is 0 Å². The summed E-state index contributed by atoms with van der Waals surface area (Å²) in [7, 11) is 2.12. The molecule has 0 radical (unpaired) electrons. The van der Waals surface area contributed by atoms with Crippen LogP contribution in [0, 0.1) is 0 Å². The fourth-order valence-corrected chi connectivity index (χ4v) is 3.13. The third-order valence-electron chi connectivity index (χ3n) is 4.17. The van der Waals surface area contributed by atoms with Gasteiger partial charge in [0, 0.05) is 38.3 Å². The van der Waals surface area contributed by atoms with Crippen LogP contribution in [0.5, 0.6) is 0 Å². The van der Waals surface area contributed by atoms with Crippen molar-refractivity contribution in [2.75, 3.05) is 39.8 Å². The Morgan fingerprint density at radius 1 is 1.13 bits per heavy atom. The van der Waals surface area contributed by atoms with Crippen LogP contribution in [0.3, 0.4) is 0 Å². The standard InChI is InChI=1S/C12H25N3/c1-3-14-7-9-15(10-8-14)12-6-4-5-11(12)13-2/h11-13H,3-10H2,1-2H3. The van der Waals surface area contributed by atoms with Gasteiger partial charge in [0.25, 0.3) is 0 Å². The normalized spacial score (nSPS) is 34.8. The zero-order valence-electron chi connectivity index (χ0n) is 10.2. The zero-order chi connectivity index (χ0) is 10.7. The highest BCUT2D eigenvalue weighted by atomic mass is 15.3. The highest BCUT2D eigenvalue weighted by Crippen LogP contribution is 2.24. The van der Waals surface area contributed by atoms with Gasteiger partial charge in [0.1, 0.15) is 0 Å². The lowest BCUT2D eigenvalue weighted by Crippen LogP contribution is -2.54. The second-order valence-corrected chi connectivity index (χ2v) is 4.86. The number of hydrogen-bond donors (Lipinski definition) is 1. The van der Waals surface area contributed by atoms with E-state index < -0.39 is 0 Å². The molecule has 15 heavy (non-hydrogen) atoms. The minimum Gasteiger partial charge on any atom is -0.315 e. The van der Waals surface area contributed by atoms with E-state index in [1.807, 2.05) is 0 Å². The first-order valence-electron chi connectivity index (χ1n) is 6.48. The van der Waals surface area contributed by atoms with Crippen LogP contribution in [0.25, 0.3) is 0 Å². The third-order valence-corrected chi connectivity index (χ3v) is 4.17. The molecule has 1 heterocycles. The Labute approximate surface area is 93.8 Å². The first-order chi connectivity index (χ1) is 7.35. The molecule has 1 aliphatic carbocycles. The van der Waals surface area contributed by atoms with Gasteiger partial charge in [-0.1, -0.05) is 13.3 Å². The summed E-state index contributed by atoms with van der Waals surface area (Å²) in [6.07, 6.45) is 4.18. The molecular formula is C12H25N3. The van der Waals surface area contributed by atoms with E-state index in [-0.39, 0.29) is 0 Å². The molecule has 3 heteroatoms. The first kappa shape index (κ1) is 11.4. The van der Waals surface area contributed by atoms with E-state index in [0.717, 1.165) is 12.1 Å². The number of rotatable bonds is 3.